The quantitative estimate of drug-likeness (QED) is 0.215. The van der Waals surface area contributed by atoms with E-state index >= 15 is 0 Å². The lowest BCUT2D eigenvalue weighted by atomic mass is 9.89. The number of piperazine rings is 1. The fourth-order valence-corrected chi connectivity index (χ4v) is 4.40. The summed E-state index contributed by atoms with van der Waals surface area (Å²) >= 11 is 0. The number of nitrogens with one attached hydrogen (secondary N) is 2. The summed E-state index contributed by atoms with van der Waals surface area (Å²) in [7, 11) is 3.48. The van der Waals surface area contributed by atoms with Crippen LogP contribution in [0.25, 0.3) is 0 Å². The van der Waals surface area contributed by atoms with Crippen molar-refractivity contribution in [2.45, 2.75) is 25.9 Å². The monoisotopic (exact) mass is 573 g/mol. The Bertz CT molecular complexity index is 738. The normalized spacial score (nSPS) is 21.9. The number of nitrogens with zero attached hydrogens (tertiary/aromatic N) is 3. The van der Waals surface area contributed by atoms with E-state index in [4.69, 9.17) is 9.47 Å². The Kier molecular flexibility index (Phi) is 12.4. The van der Waals surface area contributed by atoms with Gasteiger partial charge < -0.3 is 25.0 Å². The van der Waals surface area contributed by atoms with Crippen LogP contribution < -0.4 is 10.6 Å². The molecule has 1 aromatic carbocycles. The summed E-state index contributed by atoms with van der Waals surface area (Å²) in [6.07, 6.45) is 2.37. The fourth-order valence-electron chi connectivity index (χ4n) is 4.40. The summed E-state index contributed by atoms with van der Waals surface area (Å²) in [6.45, 7) is 8.70. The zero-order valence-corrected chi connectivity index (χ0v) is 22.5. The number of rotatable bonds is 8. The third-order valence-corrected chi connectivity index (χ3v) is 6.25. The maximum absolute atomic E-state index is 12.0. The molecule has 33 heavy (non-hydrogen) atoms. The van der Waals surface area contributed by atoms with Crippen LogP contribution in [-0.4, -0.2) is 94.9 Å². The highest BCUT2D eigenvalue weighted by Gasteiger charge is 2.28. The second-order valence-electron chi connectivity index (χ2n) is 8.64. The Hall–Kier alpha value is -1.43. The molecule has 186 valence electrons. The van der Waals surface area contributed by atoms with Crippen LogP contribution in [0.15, 0.2) is 29.3 Å². The fraction of sp³-hybridized carbons (Fsp3) is 0.667. The molecule has 2 heterocycles. The maximum atomic E-state index is 12.0. The highest BCUT2D eigenvalue weighted by Crippen LogP contribution is 2.33. The second-order valence-corrected chi connectivity index (χ2v) is 8.64. The molecule has 0 saturated carbocycles. The highest BCUT2D eigenvalue weighted by molar-refractivity contribution is 14.0. The summed E-state index contributed by atoms with van der Waals surface area (Å²) in [5.41, 5.74) is 2.53. The van der Waals surface area contributed by atoms with Gasteiger partial charge in [-0.1, -0.05) is 29.8 Å². The van der Waals surface area contributed by atoms with Gasteiger partial charge in [0.05, 0.1) is 19.3 Å². The van der Waals surface area contributed by atoms with Crippen molar-refractivity contribution in [2.75, 3.05) is 73.2 Å². The number of hydrogen-bond donors (Lipinski definition) is 2. The molecule has 0 aliphatic carbocycles. The van der Waals surface area contributed by atoms with Crippen molar-refractivity contribution in [3.05, 3.63) is 35.4 Å². The molecule has 0 radical (unpaired) electrons. The van der Waals surface area contributed by atoms with Crippen LogP contribution in [0, 0.1) is 12.8 Å². The molecule has 2 aliphatic heterocycles. The van der Waals surface area contributed by atoms with Crippen molar-refractivity contribution in [1.29, 1.82) is 0 Å². The molecule has 2 unspecified atom stereocenters. The van der Waals surface area contributed by atoms with Crippen molar-refractivity contribution in [2.24, 2.45) is 10.9 Å². The Balaban J connectivity index is 0.00000385. The van der Waals surface area contributed by atoms with Gasteiger partial charge in [-0.05, 0) is 25.3 Å². The molecule has 1 aromatic rings. The molecule has 2 aliphatic rings. The first-order valence-corrected chi connectivity index (χ1v) is 11.7. The largest absolute Gasteiger partial charge is 0.383 e. The van der Waals surface area contributed by atoms with Gasteiger partial charge in [0.25, 0.3) is 0 Å². The van der Waals surface area contributed by atoms with E-state index in [1.807, 2.05) is 7.05 Å². The van der Waals surface area contributed by atoms with Crippen molar-refractivity contribution in [3.8, 4) is 0 Å². The number of benzene rings is 1. The number of halogens is 1. The first kappa shape index (κ1) is 27.8. The maximum Gasteiger partial charge on any atom is 0.234 e. The molecule has 1 amide bonds. The van der Waals surface area contributed by atoms with E-state index in [2.05, 4.69) is 56.6 Å². The lowest BCUT2D eigenvalue weighted by Gasteiger charge is -2.37. The van der Waals surface area contributed by atoms with E-state index in [1.54, 1.807) is 7.11 Å². The van der Waals surface area contributed by atoms with Gasteiger partial charge in [-0.25, -0.2) is 0 Å². The predicted octanol–water partition coefficient (Wildman–Crippen LogP) is 2.04. The molecule has 2 atom stereocenters. The van der Waals surface area contributed by atoms with E-state index in [1.165, 1.54) is 11.1 Å². The minimum absolute atomic E-state index is 0. The summed E-state index contributed by atoms with van der Waals surface area (Å²) in [6, 6.07) is 8.71. The van der Waals surface area contributed by atoms with Crippen molar-refractivity contribution < 1.29 is 14.3 Å². The number of hydrogen-bond acceptors (Lipinski definition) is 5. The smallest absolute Gasteiger partial charge is 0.234 e. The van der Waals surface area contributed by atoms with Gasteiger partial charge in [0.2, 0.25) is 5.91 Å². The van der Waals surface area contributed by atoms with E-state index in [-0.39, 0.29) is 36.0 Å². The van der Waals surface area contributed by atoms with Crippen molar-refractivity contribution in [1.82, 2.24) is 20.4 Å². The van der Waals surface area contributed by atoms with Gasteiger partial charge in [-0.3, -0.25) is 14.7 Å². The van der Waals surface area contributed by atoms with Crippen molar-refractivity contribution >= 4 is 35.8 Å². The molecule has 2 N–H and O–H groups in total. The number of guanidine groups is 1. The van der Waals surface area contributed by atoms with Crippen LogP contribution in [0.2, 0.25) is 0 Å². The minimum atomic E-state index is 0. The van der Waals surface area contributed by atoms with E-state index in [0.717, 1.165) is 58.1 Å². The topological polar surface area (TPSA) is 78.4 Å². The molecule has 0 spiro atoms. The van der Waals surface area contributed by atoms with Crippen molar-refractivity contribution in [3.63, 3.8) is 0 Å². The lowest BCUT2D eigenvalue weighted by molar-refractivity contribution is -0.122. The van der Waals surface area contributed by atoms with Gasteiger partial charge in [0.1, 0.15) is 0 Å². The average Bonchev–Trinajstić information content (AvgIpc) is 2.81. The Morgan fingerprint density at radius 3 is 2.58 bits per heavy atom. The molecule has 2 fully saturated rings. The molecule has 2 saturated heterocycles. The summed E-state index contributed by atoms with van der Waals surface area (Å²) in [4.78, 5) is 21.0. The predicted molar refractivity (Wildman–Crippen MR) is 142 cm³/mol. The van der Waals surface area contributed by atoms with Gasteiger partial charge in [-0.15, -0.1) is 24.0 Å². The van der Waals surface area contributed by atoms with Crippen LogP contribution >= 0.6 is 24.0 Å². The SMILES string of the molecule is CN=C(NCC1CCCOC1c1ccc(C)cc1)N1CCN(CC(=O)NCCOC)CC1.I. The minimum Gasteiger partial charge on any atom is -0.383 e. The summed E-state index contributed by atoms with van der Waals surface area (Å²) in [5.74, 6) is 1.40. The van der Waals surface area contributed by atoms with E-state index in [0.29, 0.717) is 25.6 Å². The molecule has 0 aromatic heterocycles. The highest BCUT2D eigenvalue weighted by atomic mass is 127. The van der Waals surface area contributed by atoms with E-state index < -0.39 is 0 Å². The van der Waals surface area contributed by atoms with Crippen LogP contribution in [0.4, 0.5) is 0 Å². The Labute approximate surface area is 215 Å². The second kappa shape index (κ2) is 14.7. The molecule has 3 rings (SSSR count). The summed E-state index contributed by atoms with van der Waals surface area (Å²) in [5, 5.41) is 6.48. The average molecular weight is 574 g/mol. The number of ether oxygens (including phenoxy) is 2. The lowest BCUT2D eigenvalue weighted by Crippen LogP contribution is -2.54. The zero-order chi connectivity index (χ0) is 22.8. The van der Waals surface area contributed by atoms with E-state index in [9.17, 15) is 4.79 Å². The van der Waals surface area contributed by atoms with Crippen LogP contribution in [0.1, 0.15) is 30.1 Å². The third kappa shape index (κ3) is 8.70. The number of carbonyl (C=O) groups excluding carboxylic acids is 1. The third-order valence-electron chi connectivity index (χ3n) is 6.25. The van der Waals surface area contributed by atoms with Gasteiger partial charge >= 0.3 is 0 Å². The standard InChI is InChI=1S/C24H39N5O3.HI/c1-19-6-8-20(9-7-19)23-21(5-4-15-32-23)17-27-24(25-2)29-13-11-28(12-14-29)18-22(30)26-10-16-31-3;/h6-9,21,23H,4-5,10-18H2,1-3H3,(H,25,27)(H,26,30);1H. The molecular weight excluding hydrogens is 533 g/mol. The number of aryl methyl sites for hydroxylation is 1. The number of carbonyl (C=O) groups is 1. The van der Waals surface area contributed by atoms with Crippen LogP contribution in [0.3, 0.4) is 0 Å². The number of methoxy groups -OCH3 is 1. The molecule has 8 nitrogen and oxygen atoms in total. The van der Waals surface area contributed by atoms with Crippen LogP contribution in [0.5, 0.6) is 0 Å². The van der Waals surface area contributed by atoms with Gasteiger partial charge in [0, 0.05) is 66.0 Å². The first-order chi connectivity index (χ1) is 15.6. The first-order valence-electron chi connectivity index (χ1n) is 11.7. The molecule has 0 bridgehead atoms. The molecular formula is C24H40IN5O3. The summed E-state index contributed by atoms with van der Waals surface area (Å²) < 4.78 is 11.1. The van der Waals surface area contributed by atoms with Crippen LogP contribution in [-0.2, 0) is 14.3 Å². The molecule has 9 heteroatoms. The Morgan fingerprint density at radius 1 is 1.18 bits per heavy atom. The Morgan fingerprint density at radius 2 is 1.91 bits per heavy atom. The number of amides is 1. The zero-order valence-electron chi connectivity index (χ0n) is 20.2. The number of aliphatic imine (C=N–C) groups is 1. The van der Waals surface area contributed by atoms with Gasteiger partial charge in [0.15, 0.2) is 5.96 Å². The van der Waals surface area contributed by atoms with Gasteiger partial charge in [-0.2, -0.15) is 0 Å².